The van der Waals surface area contributed by atoms with Crippen molar-refractivity contribution < 1.29 is 14.3 Å². The first-order valence-electron chi connectivity index (χ1n) is 8.43. The van der Waals surface area contributed by atoms with Crippen LogP contribution in [0.1, 0.15) is 56.3 Å². The molecule has 2 N–H and O–H groups in total. The molecule has 0 aliphatic carbocycles. The second kappa shape index (κ2) is 8.83. The topological polar surface area (TPSA) is 67.4 Å². The van der Waals surface area contributed by atoms with E-state index >= 15 is 0 Å². The third-order valence-electron chi connectivity index (χ3n) is 4.43. The first-order valence-corrected chi connectivity index (χ1v) is 8.43. The summed E-state index contributed by atoms with van der Waals surface area (Å²) in [6.45, 7) is 9.90. The molecule has 0 aliphatic rings. The molecule has 0 aliphatic heterocycles. The van der Waals surface area contributed by atoms with Crippen molar-refractivity contribution >= 4 is 11.9 Å². The Kier molecular flexibility index (Phi) is 7.42. The maximum atomic E-state index is 12.2. The summed E-state index contributed by atoms with van der Waals surface area (Å²) in [5.41, 5.74) is 2.65. The predicted octanol–water partition coefficient (Wildman–Crippen LogP) is 2.80. The second-order valence-electron chi connectivity index (χ2n) is 6.56. The van der Waals surface area contributed by atoms with E-state index < -0.39 is 5.54 Å². The summed E-state index contributed by atoms with van der Waals surface area (Å²) < 4.78 is 4.84. The Bertz CT molecular complexity index is 586. The van der Waals surface area contributed by atoms with Gasteiger partial charge in [-0.1, -0.05) is 31.5 Å². The molecule has 1 aromatic carbocycles. The van der Waals surface area contributed by atoms with Gasteiger partial charge in [0.1, 0.15) is 5.54 Å². The minimum atomic E-state index is -0.843. The van der Waals surface area contributed by atoms with Gasteiger partial charge < -0.3 is 10.1 Å². The number of hydrogen-bond donors (Lipinski definition) is 2. The standard InChI is InChI=1S/C19H30N2O3/c1-7-10-19(5,18(23)24-6)20-12-17(22)21-15(4)16-9-8-13(2)14(3)11-16/h8-9,11,15,20H,7,10,12H2,1-6H3,(H,21,22)/t15-,19-/m0/s1. The van der Waals surface area contributed by atoms with Crippen LogP contribution in [0.3, 0.4) is 0 Å². The van der Waals surface area contributed by atoms with Crippen LogP contribution >= 0.6 is 0 Å². The van der Waals surface area contributed by atoms with Crippen LogP contribution in [0.5, 0.6) is 0 Å². The van der Waals surface area contributed by atoms with Gasteiger partial charge in [-0.25, -0.2) is 0 Å². The molecular weight excluding hydrogens is 304 g/mol. The lowest BCUT2D eigenvalue weighted by Crippen LogP contribution is -2.53. The molecule has 1 rings (SSSR count). The largest absolute Gasteiger partial charge is 0.468 e. The SMILES string of the molecule is CCC[C@](C)(NCC(=O)N[C@@H](C)c1ccc(C)c(C)c1)C(=O)OC. The van der Waals surface area contributed by atoms with E-state index in [0.29, 0.717) is 6.42 Å². The normalized spacial score (nSPS) is 14.6. The average Bonchev–Trinajstić information content (AvgIpc) is 2.54. The van der Waals surface area contributed by atoms with Crippen LogP contribution in [0.25, 0.3) is 0 Å². The highest BCUT2D eigenvalue weighted by molar-refractivity contribution is 5.83. The van der Waals surface area contributed by atoms with Crippen LogP contribution in [-0.2, 0) is 14.3 Å². The Morgan fingerprint density at radius 3 is 2.46 bits per heavy atom. The molecule has 0 saturated heterocycles. The fourth-order valence-corrected chi connectivity index (χ4v) is 2.67. The van der Waals surface area contributed by atoms with Gasteiger partial charge >= 0.3 is 5.97 Å². The van der Waals surface area contributed by atoms with E-state index in [2.05, 4.69) is 36.6 Å². The molecule has 0 spiro atoms. The van der Waals surface area contributed by atoms with Crippen molar-refractivity contribution in [3.8, 4) is 0 Å². The summed E-state index contributed by atoms with van der Waals surface area (Å²) in [5, 5.41) is 6.00. The maximum absolute atomic E-state index is 12.2. The van der Waals surface area contributed by atoms with E-state index in [0.717, 1.165) is 12.0 Å². The van der Waals surface area contributed by atoms with Crippen molar-refractivity contribution in [1.82, 2.24) is 10.6 Å². The Morgan fingerprint density at radius 2 is 1.92 bits per heavy atom. The number of methoxy groups -OCH3 is 1. The zero-order chi connectivity index (χ0) is 18.3. The zero-order valence-electron chi connectivity index (χ0n) is 15.7. The van der Waals surface area contributed by atoms with Gasteiger partial charge in [0.05, 0.1) is 19.7 Å². The van der Waals surface area contributed by atoms with E-state index in [9.17, 15) is 9.59 Å². The summed E-state index contributed by atoms with van der Waals surface area (Å²) in [4.78, 5) is 24.1. The molecule has 1 amide bonds. The van der Waals surface area contributed by atoms with E-state index in [1.807, 2.05) is 19.9 Å². The first-order chi connectivity index (χ1) is 11.2. The number of amides is 1. The van der Waals surface area contributed by atoms with Crippen molar-refractivity contribution in [3.05, 3.63) is 34.9 Å². The lowest BCUT2D eigenvalue weighted by Gasteiger charge is -2.27. The number of esters is 1. The Morgan fingerprint density at radius 1 is 1.25 bits per heavy atom. The van der Waals surface area contributed by atoms with Gasteiger partial charge in [-0.05, 0) is 50.8 Å². The third-order valence-corrected chi connectivity index (χ3v) is 4.43. The molecule has 134 valence electrons. The fraction of sp³-hybridized carbons (Fsp3) is 0.579. The van der Waals surface area contributed by atoms with Crippen molar-refractivity contribution in [2.45, 2.75) is 59.0 Å². The molecular formula is C19H30N2O3. The highest BCUT2D eigenvalue weighted by Gasteiger charge is 2.33. The van der Waals surface area contributed by atoms with Gasteiger partial charge in [-0.15, -0.1) is 0 Å². The fourth-order valence-electron chi connectivity index (χ4n) is 2.67. The van der Waals surface area contributed by atoms with Gasteiger partial charge in [0.25, 0.3) is 0 Å². The van der Waals surface area contributed by atoms with Crippen LogP contribution in [0, 0.1) is 13.8 Å². The van der Waals surface area contributed by atoms with Crippen LogP contribution in [0.2, 0.25) is 0 Å². The maximum Gasteiger partial charge on any atom is 0.325 e. The van der Waals surface area contributed by atoms with E-state index in [-0.39, 0.29) is 24.5 Å². The van der Waals surface area contributed by atoms with E-state index in [1.54, 1.807) is 6.92 Å². The summed E-state index contributed by atoms with van der Waals surface area (Å²) >= 11 is 0. The quantitative estimate of drug-likeness (QED) is 0.718. The van der Waals surface area contributed by atoms with Crippen molar-refractivity contribution in [2.24, 2.45) is 0 Å². The number of nitrogens with one attached hydrogen (secondary N) is 2. The molecule has 0 bridgehead atoms. The Labute approximate surface area is 145 Å². The number of rotatable bonds is 8. The number of benzene rings is 1. The van der Waals surface area contributed by atoms with Crippen LogP contribution in [0.15, 0.2) is 18.2 Å². The number of hydrogen-bond acceptors (Lipinski definition) is 4. The highest BCUT2D eigenvalue weighted by atomic mass is 16.5. The van der Waals surface area contributed by atoms with Gasteiger partial charge in [0, 0.05) is 0 Å². The molecule has 0 heterocycles. The summed E-state index contributed by atoms with van der Waals surface area (Å²) in [6, 6.07) is 6.08. The molecule has 0 radical (unpaired) electrons. The molecule has 5 nitrogen and oxygen atoms in total. The molecule has 0 unspecified atom stereocenters. The molecule has 0 aromatic heterocycles. The minimum Gasteiger partial charge on any atom is -0.468 e. The molecule has 2 atom stereocenters. The molecule has 0 fully saturated rings. The highest BCUT2D eigenvalue weighted by Crippen LogP contribution is 2.17. The molecule has 24 heavy (non-hydrogen) atoms. The van der Waals surface area contributed by atoms with E-state index in [4.69, 9.17) is 4.74 Å². The van der Waals surface area contributed by atoms with Gasteiger partial charge in [0.2, 0.25) is 5.91 Å². The van der Waals surface area contributed by atoms with Gasteiger partial charge in [-0.3, -0.25) is 14.9 Å². The summed E-state index contributed by atoms with van der Waals surface area (Å²) in [7, 11) is 1.36. The number of carbonyl (C=O) groups excluding carboxylic acids is 2. The van der Waals surface area contributed by atoms with Crippen LogP contribution < -0.4 is 10.6 Å². The summed E-state index contributed by atoms with van der Waals surface area (Å²) in [6.07, 6.45) is 1.43. The van der Waals surface area contributed by atoms with Gasteiger partial charge in [-0.2, -0.15) is 0 Å². The molecule has 1 aromatic rings. The number of aryl methyl sites for hydroxylation is 2. The average molecular weight is 334 g/mol. The minimum absolute atomic E-state index is 0.0702. The van der Waals surface area contributed by atoms with Crippen molar-refractivity contribution in [1.29, 1.82) is 0 Å². The zero-order valence-corrected chi connectivity index (χ0v) is 15.7. The van der Waals surface area contributed by atoms with Crippen molar-refractivity contribution in [2.75, 3.05) is 13.7 Å². The van der Waals surface area contributed by atoms with Crippen LogP contribution in [-0.4, -0.2) is 31.1 Å². The third kappa shape index (κ3) is 5.34. The van der Waals surface area contributed by atoms with Gasteiger partial charge in [0.15, 0.2) is 0 Å². The lowest BCUT2D eigenvalue weighted by atomic mass is 9.96. The van der Waals surface area contributed by atoms with Crippen LogP contribution in [0.4, 0.5) is 0 Å². The van der Waals surface area contributed by atoms with Crippen molar-refractivity contribution in [3.63, 3.8) is 0 Å². The summed E-state index contributed by atoms with van der Waals surface area (Å²) in [5.74, 6) is -0.494. The number of ether oxygens (including phenoxy) is 1. The lowest BCUT2D eigenvalue weighted by molar-refractivity contribution is -0.148. The Balaban J connectivity index is 2.64. The molecule has 0 saturated carbocycles. The second-order valence-corrected chi connectivity index (χ2v) is 6.56. The number of carbonyl (C=O) groups is 2. The smallest absolute Gasteiger partial charge is 0.325 e. The van der Waals surface area contributed by atoms with E-state index in [1.165, 1.54) is 18.2 Å². The predicted molar refractivity (Wildman–Crippen MR) is 95.8 cm³/mol. The molecule has 5 heteroatoms. The first kappa shape index (κ1) is 20.2. The monoisotopic (exact) mass is 334 g/mol. The Hall–Kier alpha value is -1.88.